The lowest BCUT2D eigenvalue weighted by molar-refractivity contribution is -0.126. The summed E-state index contributed by atoms with van der Waals surface area (Å²) in [5.41, 5.74) is 1.01. The number of anilines is 1. The van der Waals surface area contributed by atoms with Crippen LogP contribution in [0.5, 0.6) is 5.75 Å². The summed E-state index contributed by atoms with van der Waals surface area (Å²) >= 11 is 0. The molecule has 2 aliphatic heterocycles. The van der Waals surface area contributed by atoms with Gasteiger partial charge in [-0.05, 0) is 50.2 Å². The number of carbonyl (C=O) groups excluding carboxylic acids is 2. The smallest absolute Gasteiger partial charge is 0.265 e. The molecule has 31 heavy (non-hydrogen) atoms. The molecular weight excluding hydrogens is 418 g/mol. The zero-order valence-corrected chi connectivity index (χ0v) is 19.5. The maximum Gasteiger partial charge on any atom is 0.265 e. The zero-order chi connectivity index (χ0) is 22.8. The molecular formula is C22H33N3O5S. The van der Waals surface area contributed by atoms with Crippen molar-refractivity contribution in [3.8, 4) is 5.75 Å². The Morgan fingerprint density at radius 3 is 2.77 bits per heavy atom. The highest BCUT2D eigenvalue weighted by atomic mass is 32.2. The van der Waals surface area contributed by atoms with Gasteiger partial charge in [0.25, 0.3) is 5.91 Å². The third kappa shape index (κ3) is 5.20. The first-order valence-electron chi connectivity index (χ1n) is 11.0. The van der Waals surface area contributed by atoms with Crippen LogP contribution in [-0.2, 0) is 19.6 Å². The van der Waals surface area contributed by atoms with Crippen molar-refractivity contribution in [3.05, 3.63) is 17.7 Å². The highest BCUT2D eigenvalue weighted by Crippen LogP contribution is 2.36. The topological polar surface area (TPSA) is 105 Å². The van der Waals surface area contributed by atoms with E-state index >= 15 is 0 Å². The first-order chi connectivity index (χ1) is 14.6. The largest absolute Gasteiger partial charge is 0.478 e. The molecule has 0 unspecified atom stereocenters. The van der Waals surface area contributed by atoms with E-state index in [0.29, 0.717) is 55.3 Å². The van der Waals surface area contributed by atoms with Crippen LogP contribution >= 0.6 is 0 Å². The quantitative estimate of drug-likeness (QED) is 0.663. The molecule has 0 aliphatic carbocycles. The van der Waals surface area contributed by atoms with E-state index in [2.05, 4.69) is 24.5 Å². The van der Waals surface area contributed by atoms with Gasteiger partial charge in [-0.1, -0.05) is 20.8 Å². The summed E-state index contributed by atoms with van der Waals surface area (Å²) < 4.78 is 34.0. The van der Waals surface area contributed by atoms with E-state index in [4.69, 9.17) is 4.74 Å². The lowest BCUT2D eigenvalue weighted by atomic mass is 9.98. The molecule has 0 spiro atoms. The van der Waals surface area contributed by atoms with E-state index in [9.17, 15) is 18.0 Å². The second kappa shape index (κ2) is 9.56. The summed E-state index contributed by atoms with van der Waals surface area (Å²) in [5.74, 6) is 0.186. The monoisotopic (exact) mass is 451 g/mol. The number of benzene rings is 1. The number of fused-ring (bicyclic) bond motifs is 1. The number of piperidine rings is 1. The van der Waals surface area contributed by atoms with E-state index in [0.717, 1.165) is 6.42 Å². The highest BCUT2D eigenvalue weighted by molar-refractivity contribution is 7.89. The van der Waals surface area contributed by atoms with Gasteiger partial charge in [-0.2, -0.15) is 4.31 Å². The summed E-state index contributed by atoms with van der Waals surface area (Å²) in [6, 6.07) is 3.13. The minimum atomic E-state index is -3.80. The van der Waals surface area contributed by atoms with Gasteiger partial charge >= 0.3 is 0 Å². The standard InChI is InChI=1S/C22H33N3O5S/c1-5-18-22(27)24-17-11-15(4)20(12-19(17)30-18)31(28,29)25-10-6-7-16(13-25)21(26)23-9-8-14(2)3/h11-12,14,16,18H,5-10,13H2,1-4H3,(H,23,26)(H,24,27)/t16-,18+/m0/s1. The van der Waals surface area contributed by atoms with E-state index in [1.807, 2.05) is 6.92 Å². The Kier molecular flexibility index (Phi) is 7.26. The molecule has 0 aromatic heterocycles. The van der Waals surface area contributed by atoms with E-state index in [1.165, 1.54) is 10.4 Å². The predicted octanol–water partition coefficient (Wildman–Crippen LogP) is 2.67. The van der Waals surface area contributed by atoms with Crippen molar-refractivity contribution in [2.24, 2.45) is 11.8 Å². The lowest BCUT2D eigenvalue weighted by Gasteiger charge is -2.32. The molecule has 1 aromatic rings. The summed E-state index contributed by atoms with van der Waals surface area (Å²) in [7, 11) is -3.80. The van der Waals surface area contributed by atoms with Gasteiger partial charge in [-0.3, -0.25) is 9.59 Å². The summed E-state index contributed by atoms with van der Waals surface area (Å²) in [6.07, 6.45) is 2.05. The van der Waals surface area contributed by atoms with Gasteiger partial charge in [-0.25, -0.2) is 8.42 Å². The number of hydrogen-bond acceptors (Lipinski definition) is 5. The van der Waals surface area contributed by atoms with Gasteiger partial charge in [0.1, 0.15) is 5.75 Å². The fourth-order valence-electron chi connectivity index (χ4n) is 3.97. The first kappa shape index (κ1) is 23.5. The molecule has 8 nitrogen and oxygen atoms in total. The van der Waals surface area contributed by atoms with Gasteiger partial charge in [0.15, 0.2) is 6.10 Å². The molecule has 1 aromatic carbocycles. The number of rotatable bonds is 7. The molecule has 0 radical (unpaired) electrons. The highest BCUT2D eigenvalue weighted by Gasteiger charge is 2.35. The van der Waals surface area contributed by atoms with Crippen LogP contribution in [0.15, 0.2) is 17.0 Å². The summed E-state index contributed by atoms with van der Waals surface area (Å²) in [6.45, 7) is 8.88. The maximum atomic E-state index is 13.4. The number of aryl methyl sites for hydroxylation is 1. The molecule has 9 heteroatoms. The van der Waals surface area contributed by atoms with Crippen LogP contribution in [0.25, 0.3) is 0 Å². The van der Waals surface area contributed by atoms with Crippen LogP contribution in [0, 0.1) is 18.8 Å². The number of hydrogen-bond donors (Lipinski definition) is 2. The van der Waals surface area contributed by atoms with Crippen molar-refractivity contribution in [3.63, 3.8) is 0 Å². The third-order valence-electron chi connectivity index (χ3n) is 5.86. The van der Waals surface area contributed by atoms with Crippen LogP contribution in [0.4, 0.5) is 5.69 Å². The van der Waals surface area contributed by atoms with Crippen LogP contribution in [0.1, 0.15) is 52.0 Å². The molecule has 1 fully saturated rings. The molecule has 3 rings (SSSR count). The van der Waals surface area contributed by atoms with Crippen molar-refractivity contribution in [1.29, 1.82) is 0 Å². The minimum Gasteiger partial charge on any atom is -0.478 e. The van der Waals surface area contributed by atoms with Crippen molar-refractivity contribution in [1.82, 2.24) is 9.62 Å². The average molecular weight is 452 g/mol. The van der Waals surface area contributed by atoms with Crippen molar-refractivity contribution in [2.45, 2.75) is 64.4 Å². The molecule has 172 valence electrons. The zero-order valence-electron chi connectivity index (χ0n) is 18.7. The Bertz CT molecular complexity index is 945. The van der Waals surface area contributed by atoms with Gasteiger partial charge in [0.05, 0.1) is 16.5 Å². The van der Waals surface area contributed by atoms with Crippen molar-refractivity contribution >= 4 is 27.5 Å². The van der Waals surface area contributed by atoms with Crippen LogP contribution in [-0.4, -0.2) is 50.3 Å². The average Bonchev–Trinajstić information content (AvgIpc) is 2.72. The molecule has 0 bridgehead atoms. The van der Waals surface area contributed by atoms with E-state index in [1.54, 1.807) is 13.0 Å². The Hall–Kier alpha value is -2.13. The molecule has 2 amide bonds. The number of carbonyl (C=O) groups is 2. The van der Waals surface area contributed by atoms with Crippen molar-refractivity contribution in [2.75, 3.05) is 25.0 Å². The maximum absolute atomic E-state index is 13.4. The number of ether oxygens (including phenoxy) is 1. The Morgan fingerprint density at radius 1 is 1.35 bits per heavy atom. The first-order valence-corrected chi connectivity index (χ1v) is 12.5. The Balaban J connectivity index is 1.78. The fourth-order valence-corrected chi connectivity index (χ4v) is 5.72. The normalized spacial score (nSPS) is 21.9. The fraction of sp³-hybridized carbons (Fsp3) is 0.636. The minimum absolute atomic E-state index is 0.0838. The Morgan fingerprint density at radius 2 is 2.10 bits per heavy atom. The van der Waals surface area contributed by atoms with E-state index < -0.39 is 16.1 Å². The number of sulfonamides is 1. The van der Waals surface area contributed by atoms with E-state index in [-0.39, 0.29) is 29.2 Å². The van der Waals surface area contributed by atoms with Gasteiger partial charge in [0, 0.05) is 25.7 Å². The van der Waals surface area contributed by atoms with Crippen LogP contribution < -0.4 is 15.4 Å². The molecule has 2 heterocycles. The lowest BCUT2D eigenvalue weighted by Crippen LogP contribution is -2.45. The summed E-state index contributed by atoms with van der Waals surface area (Å²) in [5, 5.41) is 5.73. The van der Waals surface area contributed by atoms with Crippen LogP contribution in [0.3, 0.4) is 0 Å². The molecule has 2 atom stereocenters. The molecule has 2 aliphatic rings. The molecule has 1 saturated heterocycles. The molecule has 2 N–H and O–H groups in total. The van der Waals surface area contributed by atoms with Crippen LogP contribution in [0.2, 0.25) is 0 Å². The predicted molar refractivity (Wildman–Crippen MR) is 118 cm³/mol. The van der Waals surface area contributed by atoms with Gasteiger partial charge < -0.3 is 15.4 Å². The van der Waals surface area contributed by atoms with Gasteiger partial charge in [-0.15, -0.1) is 0 Å². The second-order valence-electron chi connectivity index (χ2n) is 8.79. The van der Waals surface area contributed by atoms with Crippen molar-refractivity contribution < 1.29 is 22.7 Å². The SMILES string of the molecule is CC[C@H]1Oc2cc(S(=O)(=O)N3CCC[C@H](C(=O)NCCC(C)C)C3)c(C)cc2NC1=O. The summed E-state index contributed by atoms with van der Waals surface area (Å²) in [4.78, 5) is 24.7. The Labute approximate surface area is 184 Å². The number of nitrogens with zero attached hydrogens (tertiary/aromatic N) is 1. The second-order valence-corrected chi connectivity index (χ2v) is 10.7. The number of nitrogens with one attached hydrogen (secondary N) is 2. The molecule has 0 saturated carbocycles. The van der Waals surface area contributed by atoms with Gasteiger partial charge in [0.2, 0.25) is 15.9 Å². The number of amides is 2. The third-order valence-corrected chi connectivity index (χ3v) is 7.87.